The molecule has 6 heteroatoms. The Morgan fingerprint density at radius 2 is 2.00 bits per heavy atom. The van der Waals surface area contributed by atoms with Crippen LogP contribution in [0.15, 0.2) is 23.1 Å². The SMILES string of the molecule is Cc1ccc(N)cc1S(=O)(=O)NCC(C)(C)CCO. The van der Waals surface area contributed by atoms with E-state index in [0.717, 1.165) is 0 Å². The average Bonchev–Trinajstić information content (AvgIpc) is 2.30. The quantitative estimate of drug-likeness (QED) is 0.687. The van der Waals surface area contributed by atoms with Crippen LogP contribution in [-0.2, 0) is 10.0 Å². The Balaban J connectivity index is 2.90. The van der Waals surface area contributed by atoms with E-state index in [1.807, 2.05) is 13.8 Å². The fourth-order valence-electron chi connectivity index (χ4n) is 1.67. The van der Waals surface area contributed by atoms with Crippen LogP contribution in [0, 0.1) is 12.3 Å². The van der Waals surface area contributed by atoms with Gasteiger partial charge in [-0.15, -0.1) is 0 Å². The summed E-state index contributed by atoms with van der Waals surface area (Å²) < 4.78 is 27.0. The molecule has 1 aromatic rings. The number of anilines is 1. The van der Waals surface area contributed by atoms with Gasteiger partial charge in [0.25, 0.3) is 0 Å². The van der Waals surface area contributed by atoms with Crippen molar-refractivity contribution in [2.45, 2.75) is 32.1 Å². The Bertz CT molecular complexity index is 539. The van der Waals surface area contributed by atoms with Gasteiger partial charge < -0.3 is 10.8 Å². The topological polar surface area (TPSA) is 92.4 Å². The average molecular weight is 286 g/mol. The molecule has 5 nitrogen and oxygen atoms in total. The zero-order chi connectivity index (χ0) is 14.7. The van der Waals surface area contributed by atoms with E-state index in [-0.39, 0.29) is 23.5 Å². The Morgan fingerprint density at radius 3 is 2.58 bits per heavy atom. The Kier molecular flexibility index (Phi) is 4.95. The molecular formula is C13H22N2O3S. The van der Waals surface area contributed by atoms with Gasteiger partial charge in [0.2, 0.25) is 10.0 Å². The number of aryl methyl sites for hydroxylation is 1. The lowest BCUT2D eigenvalue weighted by molar-refractivity contribution is 0.213. The number of sulfonamides is 1. The van der Waals surface area contributed by atoms with Crippen LogP contribution >= 0.6 is 0 Å². The second kappa shape index (κ2) is 5.90. The minimum atomic E-state index is -3.58. The normalized spacial score (nSPS) is 12.6. The van der Waals surface area contributed by atoms with Gasteiger partial charge in [-0.3, -0.25) is 0 Å². The molecule has 0 fully saturated rings. The predicted molar refractivity (Wildman–Crippen MR) is 76.3 cm³/mol. The number of rotatable bonds is 6. The number of nitrogen functional groups attached to an aromatic ring is 1. The molecule has 0 bridgehead atoms. The molecule has 0 aromatic heterocycles. The molecule has 0 amide bonds. The van der Waals surface area contributed by atoms with Crippen molar-refractivity contribution in [1.82, 2.24) is 4.72 Å². The van der Waals surface area contributed by atoms with Crippen LogP contribution in [0.3, 0.4) is 0 Å². The Hall–Kier alpha value is -1.11. The van der Waals surface area contributed by atoms with Crippen LogP contribution in [0.25, 0.3) is 0 Å². The van der Waals surface area contributed by atoms with E-state index >= 15 is 0 Å². The summed E-state index contributed by atoms with van der Waals surface area (Å²) in [7, 11) is -3.58. The van der Waals surface area contributed by atoms with Crippen LogP contribution in [0.2, 0.25) is 0 Å². The summed E-state index contributed by atoms with van der Waals surface area (Å²) in [6.07, 6.45) is 0.533. The van der Waals surface area contributed by atoms with Crippen LogP contribution < -0.4 is 10.5 Å². The van der Waals surface area contributed by atoms with Crippen molar-refractivity contribution in [2.24, 2.45) is 5.41 Å². The molecule has 0 aliphatic heterocycles. The molecular weight excluding hydrogens is 264 g/mol. The van der Waals surface area contributed by atoms with Crippen LogP contribution in [0.4, 0.5) is 5.69 Å². The minimum Gasteiger partial charge on any atom is -0.399 e. The van der Waals surface area contributed by atoms with E-state index in [1.165, 1.54) is 6.07 Å². The molecule has 0 spiro atoms. The summed E-state index contributed by atoms with van der Waals surface area (Å²) in [5.41, 5.74) is 6.40. The maximum atomic E-state index is 12.2. The Morgan fingerprint density at radius 1 is 1.37 bits per heavy atom. The number of hydrogen-bond donors (Lipinski definition) is 3. The molecule has 0 aliphatic carbocycles. The molecule has 0 heterocycles. The van der Waals surface area contributed by atoms with Crippen LogP contribution in [0.5, 0.6) is 0 Å². The van der Waals surface area contributed by atoms with Crippen molar-refractivity contribution in [3.63, 3.8) is 0 Å². The van der Waals surface area contributed by atoms with E-state index < -0.39 is 10.0 Å². The van der Waals surface area contributed by atoms with Crippen molar-refractivity contribution in [1.29, 1.82) is 0 Å². The number of nitrogens with one attached hydrogen (secondary N) is 1. The lowest BCUT2D eigenvalue weighted by Gasteiger charge is -2.24. The van der Waals surface area contributed by atoms with Gasteiger partial charge in [-0.1, -0.05) is 19.9 Å². The van der Waals surface area contributed by atoms with Gasteiger partial charge in [-0.05, 0) is 36.5 Å². The molecule has 108 valence electrons. The van der Waals surface area contributed by atoms with Crippen molar-refractivity contribution in [2.75, 3.05) is 18.9 Å². The highest BCUT2D eigenvalue weighted by molar-refractivity contribution is 7.89. The summed E-state index contributed by atoms with van der Waals surface area (Å²) in [5.74, 6) is 0. The van der Waals surface area contributed by atoms with Gasteiger partial charge in [0.15, 0.2) is 0 Å². The van der Waals surface area contributed by atoms with Gasteiger partial charge in [0, 0.05) is 18.8 Å². The van der Waals surface area contributed by atoms with Gasteiger partial charge >= 0.3 is 0 Å². The molecule has 1 aromatic carbocycles. The molecule has 0 aliphatic rings. The third-order valence-corrected chi connectivity index (χ3v) is 4.57. The molecule has 0 saturated carbocycles. The summed E-state index contributed by atoms with van der Waals surface area (Å²) in [6.45, 7) is 5.83. The second-order valence-electron chi connectivity index (χ2n) is 5.49. The maximum absolute atomic E-state index is 12.2. The number of aliphatic hydroxyl groups excluding tert-OH is 1. The number of hydrogen-bond acceptors (Lipinski definition) is 4. The molecule has 1 rings (SSSR count). The third kappa shape index (κ3) is 4.49. The van der Waals surface area contributed by atoms with Gasteiger partial charge in [0.1, 0.15) is 0 Å². The standard InChI is InChI=1S/C13H22N2O3S/c1-10-4-5-11(14)8-12(10)19(17,18)15-9-13(2,3)6-7-16/h4-5,8,15-16H,6-7,9,14H2,1-3H3. The summed E-state index contributed by atoms with van der Waals surface area (Å²) in [5, 5.41) is 8.94. The van der Waals surface area contributed by atoms with E-state index in [1.54, 1.807) is 19.1 Å². The van der Waals surface area contributed by atoms with Crippen molar-refractivity contribution >= 4 is 15.7 Å². The van der Waals surface area contributed by atoms with Gasteiger partial charge in [0.05, 0.1) is 4.90 Å². The zero-order valence-electron chi connectivity index (χ0n) is 11.6. The smallest absolute Gasteiger partial charge is 0.240 e. The summed E-state index contributed by atoms with van der Waals surface area (Å²) >= 11 is 0. The highest BCUT2D eigenvalue weighted by Gasteiger charge is 2.23. The van der Waals surface area contributed by atoms with E-state index in [2.05, 4.69) is 4.72 Å². The maximum Gasteiger partial charge on any atom is 0.240 e. The minimum absolute atomic E-state index is 0.0338. The first-order chi connectivity index (χ1) is 8.68. The third-order valence-electron chi connectivity index (χ3n) is 3.03. The van der Waals surface area contributed by atoms with Gasteiger partial charge in [-0.2, -0.15) is 0 Å². The number of aliphatic hydroxyl groups is 1. The van der Waals surface area contributed by atoms with E-state index in [4.69, 9.17) is 10.8 Å². The van der Waals surface area contributed by atoms with Crippen LogP contribution in [0.1, 0.15) is 25.8 Å². The lowest BCUT2D eigenvalue weighted by Crippen LogP contribution is -2.34. The first-order valence-corrected chi connectivity index (χ1v) is 7.63. The predicted octanol–water partition coefficient (Wildman–Crippen LogP) is 1.26. The van der Waals surface area contributed by atoms with Crippen molar-refractivity contribution in [3.8, 4) is 0 Å². The molecule has 0 radical (unpaired) electrons. The first-order valence-electron chi connectivity index (χ1n) is 6.15. The van der Waals surface area contributed by atoms with Crippen molar-refractivity contribution in [3.05, 3.63) is 23.8 Å². The molecule has 0 atom stereocenters. The highest BCUT2D eigenvalue weighted by atomic mass is 32.2. The highest BCUT2D eigenvalue weighted by Crippen LogP contribution is 2.22. The fourth-order valence-corrected chi connectivity index (χ4v) is 3.18. The Labute approximate surface area is 114 Å². The summed E-state index contributed by atoms with van der Waals surface area (Å²) in [6, 6.07) is 4.81. The number of nitrogens with two attached hydrogens (primary N) is 1. The summed E-state index contributed by atoms with van der Waals surface area (Å²) in [4.78, 5) is 0.201. The fraction of sp³-hybridized carbons (Fsp3) is 0.538. The van der Waals surface area contributed by atoms with Crippen LogP contribution in [-0.4, -0.2) is 26.7 Å². The lowest BCUT2D eigenvalue weighted by atomic mass is 9.90. The first kappa shape index (κ1) is 15.9. The largest absolute Gasteiger partial charge is 0.399 e. The zero-order valence-corrected chi connectivity index (χ0v) is 12.4. The molecule has 4 N–H and O–H groups in total. The molecule has 19 heavy (non-hydrogen) atoms. The van der Waals surface area contributed by atoms with E-state index in [0.29, 0.717) is 17.7 Å². The second-order valence-corrected chi connectivity index (χ2v) is 7.22. The van der Waals surface area contributed by atoms with Gasteiger partial charge in [-0.25, -0.2) is 13.1 Å². The van der Waals surface area contributed by atoms with E-state index in [9.17, 15) is 8.42 Å². The van der Waals surface area contributed by atoms with Crippen molar-refractivity contribution < 1.29 is 13.5 Å². The monoisotopic (exact) mass is 286 g/mol. The molecule has 0 unspecified atom stereocenters. The number of benzene rings is 1. The molecule has 0 saturated heterocycles.